The normalized spacial score (nSPS) is 47.3. The van der Waals surface area contributed by atoms with Gasteiger partial charge < -0.3 is 9.84 Å². The molecule has 3 atom stereocenters. The van der Waals surface area contributed by atoms with Gasteiger partial charge in [0.1, 0.15) is 0 Å². The van der Waals surface area contributed by atoms with E-state index in [1.165, 1.54) is 0 Å². The molecule has 0 saturated carbocycles. The van der Waals surface area contributed by atoms with Gasteiger partial charge in [0.05, 0.1) is 11.7 Å². The molecule has 2 aliphatic heterocycles. The Balaban J connectivity index is 1.95. The van der Waals surface area contributed by atoms with Gasteiger partial charge in [0.2, 0.25) is 0 Å². The Morgan fingerprint density at radius 2 is 2.31 bits per heavy atom. The molecule has 2 heterocycles. The summed E-state index contributed by atoms with van der Waals surface area (Å²) in [6.45, 7) is 6.76. The topological polar surface area (TPSA) is 32.7 Å². The van der Waals surface area contributed by atoms with E-state index in [-0.39, 0.29) is 0 Å². The van der Waals surface area contributed by atoms with E-state index in [0.29, 0.717) is 12.1 Å². The smallest absolute Gasteiger partial charge is 0.0758 e. The summed E-state index contributed by atoms with van der Waals surface area (Å²) >= 11 is 0. The molecule has 3 heteroatoms. The summed E-state index contributed by atoms with van der Waals surface area (Å²) in [5.41, 5.74) is -0.470. The molecule has 0 aromatic heterocycles. The molecule has 13 heavy (non-hydrogen) atoms. The molecule has 0 radical (unpaired) electrons. The highest BCUT2D eigenvalue weighted by molar-refractivity contribution is 4.92. The maximum absolute atomic E-state index is 9.83. The molecule has 0 bridgehead atoms. The first kappa shape index (κ1) is 9.44. The summed E-state index contributed by atoms with van der Waals surface area (Å²) in [4.78, 5) is 2.37. The summed E-state index contributed by atoms with van der Waals surface area (Å²) in [5, 5.41) is 9.83. The molecule has 2 fully saturated rings. The SMILES string of the molecule is CC1OCCC1N1CCC(C)(O)C1. The Morgan fingerprint density at radius 1 is 1.54 bits per heavy atom. The van der Waals surface area contributed by atoms with Gasteiger partial charge in [-0.1, -0.05) is 0 Å². The minimum absolute atomic E-state index is 0.342. The lowest BCUT2D eigenvalue weighted by Gasteiger charge is -2.27. The van der Waals surface area contributed by atoms with Gasteiger partial charge in [-0.15, -0.1) is 0 Å². The number of nitrogens with zero attached hydrogens (tertiary/aromatic N) is 1. The zero-order valence-corrected chi connectivity index (χ0v) is 8.49. The lowest BCUT2D eigenvalue weighted by molar-refractivity contribution is 0.0465. The maximum Gasteiger partial charge on any atom is 0.0758 e. The standard InChI is InChI=1S/C10H19NO2/c1-8-9(3-6-13-8)11-5-4-10(2,12)7-11/h8-9,12H,3-7H2,1-2H3. The molecule has 3 nitrogen and oxygen atoms in total. The Labute approximate surface area is 79.7 Å². The Hall–Kier alpha value is -0.120. The van der Waals surface area contributed by atoms with Crippen LogP contribution in [-0.2, 0) is 4.74 Å². The molecule has 0 aromatic rings. The number of rotatable bonds is 1. The van der Waals surface area contributed by atoms with Crippen LogP contribution in [-0.4, -0.2) is 47.4 Å². The van der Waals surface area contributed by atoms with E-state index < -0.39 is 5.60 Å². The fraction of sp³-hybridized carbons (Fsp3) is 1.00. The fourth-order valence-electron chi connectivity index (χ4n) is 2.46. The fourth-order valence-corrected chi connectivity index (χ4v) is 2.46. The summed E-state index contributed by atoms with van der Waals surface area (Å²) in [5.74, 6) is 0. The van der Waals surface area contributed by atoms with E-state index >= 15 is 0 Å². The molecular formula is C10H19NO2. The predicted molar refractivity (Wildman–Crippen MR) is 50.6 cm³/mol. The van der Waals surface area contributed by atoms with Crippen molar-refractivity contribution in [2.45, 2.75) is 44.4 Å². The minimum atomic E-state index is -0.470. The molecule has 2 saturated heterocycles. The molecule has 1 N–H and O–H groups in total. The summed E-state index contributed by atoms with van der Waals surface area (Å²) in [7, 11) is 0. The van der Waals surface area contributed by atoms with Crippen molar-refractivity contribution in [1.29, 1.82) is 0 Å². The van der Waals surface area contributed by atoms with Crippen LogP contribution in [0, 0.1) is 0 Å². The molecular weight excluding hydrogens is 166 g/mol. The average molecular weight is 185 g/mol. The zero-order chi connectivity index (χ0) is 9.47. The van der Waals surface area contributed by atoms with Gasteiger partial charge in [0, 0.05) is 25.7 Å². The van der Waals surface area contributed by atoms with Crippen molar-refractivity contribution in [1.82, 2.24) is 4.90 Å². The van der Waals surface area contributed by atoms with Crippen LogP contribution in [0.25, 0.3) is 0 Å². The quantitative estimate of drug-likeness (QED) is 0.650. The van der Waals surface area contributed by atoms with Gasteiger partial charge in [0.25, 0.3) is 0 Å². The summed E-state index contributed by atoms with van der Waals surface area (Å²) in [6, 6.07) is 0.536. The predicted octanol–water partition coefficient (Wildman–Crippen LogP) is 0.621. The van der Waals surface area contributed by atoms with Crippen molar-refractivity contribution in [2.75, 3.05) is 19.7 Å². The first-order chi connectivity index (χ1) is 6.08. The van der Waals surface area contributed by atoms with Gasteiger partial charge >= 0.3 is 0 Å². The van der Waals surface area contributed by atoms with Crippen molar-refractivity contribution >= 4 is 0 Å². The van der Waals surface area contributed by atoms with Crippen LogP contribution in [0.1, 0.15) is 26.7 Å². The van der Waals surface area contributed by atoms with Gasteiger partial charge in [-0.2, -0.15) is 0 Å². The zero-order valence-electron chi connectivity index (χ0n) is 8.49. The van der Waals surface area contributed by atoms with Gasteiger partial charge in [-0.3, -0.25) is 4.90 Å². The van der Waals surface area contributed by atoms with Gasteiger partial charge in [-0.05, 0) is 26.7 Å². The van der Waals surface area contributed by atoms with Crippen molar-refractivity contribution in [3.63, 3.8) is 0 Å². The molecule has 3 unspecified atom stereocenters. The number of ether oxygens (including phenoxy) is 1. The van der Waals surface area contributed by atoms with Crippen LogP contribution in [0.4, 0.5) is 0 Å². The summed E-state index contributed by atoms with van der Waals surface area (Å²) in [6.07, 6.45) is 2.36. The van der Waals surface area contributed by atoms with Crippen LogP contribution in [0.3, 0.4) is 0 Å². The molecule has 2 aliphatic rings. The highest BCUT2D eigenvalue weighted by Gasteiger charge is 2.38. The molecule has 0 amide bonds. The second kappa shape index (κ2) is 3.23. The number of hydrogen-bond donors (Lipinski definition) is 1. The van der Waals surface area contributed by atoms with E-state index in [2.05, 4.69) is 11.8 Å². The molecule has 76 valence electrons. The Kier molecular flexibility index (Phi) is 2.34. The van der Waals surface area contributed by atoms with Crippen molar-refractivity contribution in [3.8, 4) is 0 Å². The Morgan fingerprint density at radius 3 is 2.77 bits per heavy atom. The first-order valence-electron chi connectivity index (χ1n) is 5.16. The molecule has 2 rings (SSSR count). The van der Waals surface area contributed by atoms with Crippen molar-refractivity contribution < 1.29 is 9.84 Å². The van der Waals surface area contributed by atoms with Crippen LogP contribution >= 0.6 is 0 Å². The highest BCUT2D eigenvalue weighted by Crippen LogP contribution is 2.27. The lowest BCUT2D eigenvalue weighted by atomic mass is 10.1. The summed E-state index contributed by atoms with van der Waals surface area (Å²) < 4.78 is 5.52. The monoisotopic (exact) mass is 185 g/mol. The second-order valence-corrected chi connectivity index (χ2v) is 4.65. The third kappa shape index (κ3) is 1.87. The van der Waals surface area contributed by atoms with Crippen molar-refractivity contribution in [3.05, 3.63) is 0 Å². The molecule has 0 aliphatic carbocycles. The van der Waals surface area contributed by atoms with Crippen LogP contribution in [0.2, 0.25) is 0 Å². The second-order valence-electron chi connectivity index (χ2n) is 4.65. The number of likely N-dealkylation sites (tertiary alicyclic amines) is 1. The highest BCUT2D eigenvalue weighted by atomic mass is 16.5. The lowest BCUT2D eigenvalue weighted by Crippen LogP contribution is -2.40. The van der Waals surface area contributed by atoms with Crippen LogP contribution in [0.5, 0.6) is 0 Å². The van der Waals surface area contributed by atoms with Gasteiger partial charge in [0.15, 0.2) is 0 Å². The number of β-amino-alcohol motifs (C(OH)–C–C–N with tert-alkyl or cyclic N) is 1. The Bertz CT molecular complexity index is 193. The van der Waals surface area contributed by atoms with E-state index in [1.54, 1.807) is 0 Å². The molecule has 0 spiro atoms. The van der Waals surface area contributed by atoms with E-state index in [4.69, 9.17) is 4.74 Å². The number of aliphatic hydroxyl groups is 1. The van der Waals surface area contributed by atoms with Gasteiger partial charge in [-0.25, -0.2) is 0 Å². The maximum atomic E-state index is 9.83. The first-order valence-corrected chi connectivity index (χ1v) is 5.16. The largest absolute Gasteiger partial charge is 0.389 e. The van der Waals surface area contributed by atoms with E-state index in [0.717, 1.165) is 32.5 Å². The van der Waals surface area contributed by atoms with Crippen LogP contribution < -0.4 is 0 Å². The molecule has 0 aromatic carbocycles. The van der Waals surface area contributed by atoms with E-state index in [9.17, 15) is 5.11 Å². The number of hydrogen-bond acceptors (Lipinski definition) is 3. The van der Waals surface area contributed by atoms with Crippen LogP contribution in [0.15, 0.2) is 0 Å². The minimum Gasteiger partial charge on any atom is -0.389 e. The third-order valence-electron chi connectivity index (χ3n) is 3.29. The average Bonchev–Trinajstić information content (AvgIpc) is 2.56. The van der Waals surface area contributed by atoms with E-state index in [1.807, 2.05) is 6.92 Å². The third-order valence-corrected chi connectivity index (χ3v) is 3.29. The van der Waals surface area contributed by atoms with Crippen molar-refractivity contribution in [2.24, 2.45) is 0 Å².